The monoisotopic (exact) mass is 285 g/mol. The Morgan fingerprint density at radius 3 is 2.86 bits per heavy atom. The molecule has 3 rings (SSSR count). The first-order chi connectivity index (χ1) is 10.1. The van der Waals surface area contributed by atoms with Gasteiger partial charge in [0.15, 0.2) is 0 Å². The van der Waals surface area contributed by atoms with Gasteiger partial charge >= 0.3 is 5.97 Å². The van der Waals surface area contributed by atoms with Crippen molar-refractivity contribution in [3.05, 3.63) is 70.5 Å². The molecule has 4 heteroatoms. The number of nitrogens with one attached hydrogen (secondary N) is 1. The lowest BCUT2D eigenvalue weighted by molar-refractivity contribution is 0.0692. The van der Waals surface area contributed by atoms with Crippen molar-refractivity contribution in [2.75, 3.05) is 0 Å². The van der Waals surface area contributed by atoms with E-state index in [-0.39, 0.29) is 11.6 Å². The molecule has 0 saturated carbocycles. The molecule has 108 valence electrons. The maximum absolute atomic E-state index is 13.6. The van der Waals surface area contributed by atoms with Crippen molar-refractivity contribution < 1.29 is 14.3 Å². The van der Waals surface area contributed by atoms with E-state index in [0.717, 1.165) is 18.4 Å². The third kappa shape index (κ3) is 2.81. The normalized spacial score (nSPS) is 16.7. The summed E-state index contributed by atoms with van der Waals surface area (Å²) in [5, 5.41) is 12.2. The molecule has 21 heavy (non-hydrogen) atoms. The highest BCUT2D eigenvalue weighted by Gasteiger charge is 2.21. The fourth-order valence-corrected chi connectivity index (χ4v) is 2.85. The van der Waals surface area contributed by atoms with Crippen LogP contribution in [-0.2, 0) is 13.0 Å². The van der Waals surface area contributed by atoms with E-state index in [0.29, 0.717) is 6.54 Å². The van der Waals surface area contributed by atoms with Crippen molar-refractivity contribution in [3.8, 4) is 0 Å². The zero-order valence-electron chi connectivity index (χ0n) is 11.5. The highest BCUT2D eigenvalue weighted by molar-refractivity contribution is 5.87. The Bertz CT molecular complexity index is 684. The summed E-state index contributed by atoms with van der Waals surface area (Å²) in [6.45, 7) is 0.524. The molecule has 0 bridgehead atoms. The number of carboxylic acids is 1. The molecule has 2 N–H and O–H groups in total. The van der Waals surface area contributed by atoms with E-state index >= 15 is 0 Å². The minimum absolute atomic E-state index is 0.281. The molecule has 0 amide bonds. The molecular weight excluding hydrogens is 269 g/mol. The van der Waals surface area contributed by atoms with E-state index in [1.54, 1.807) is 6.07 Å². The van der Waals surface area contributed by atoms with Gasteiger partial charge in [-0.3, -0.25) is 0 Å². The van der Waals surface area contributed by atoms with E-state index in [1.807, 2.05) is 12.1 Å². The molecule has 2 aromatic carbocycles. The molecule has 0 aliphatic heterocycles. The van der Waals surface area contributed by atoms with E-state index in [2.05, 4.69) is 17.4 Å². The van der Waals surface area contributed by atoms with Gasteiger partial charge < -0.3 is 10.4 Å². The van der Waals surface area contributed by atoms with Crippen molar-refractivity contribution in [1.82, 2.24) is 5.32 Å². The van der Waals surface area contributed by atoms with Gasteiger partial charge in [-0.2, -0.15) is 0 Å². The summed E-state index contributed by atoms with van der Waals surface area (Å²) in [5.41, 5.74) is 3.13. The Morgan fingerprint density at radius 2 is 2.10 bits per heavy atom. The summed E-state index contributed by atoms with van der Waals surface area (Å²) in [6, 6.07) is 12.9. The highest BCUT2D eigenvalue weighted by Crippen LogP contribution is 2.30. The van der Waals surface area contributed by atoms with Gasteiger partial charge in [0.25, 0.3) is 0 Å². The van der Waals surface area contributed by atoms with Crippen LogP contribution in [0.25, 0.3) is 0 Å². The molecule has 3 nitrogen and oxygen atoms in total. The van der Waals surface area contributed by atoms with Crippen LogP contribution in [0.2, 0.25) is 0 Å². The molecule has 0 spiro atoms. The molecular formula is C17H16FNO2. The zero-order valence-corrected chi connectivity index (χ0v) is 11.5. The first kappa shape index (κ1) is 13.8. The third-order valence-electron chi connectivity index (χ3n) is 3.95. The molecule has 1 aliphatic rings. The third-order valence-corrected chi connectivity index (χ3v) is 3.95. The molecule has 0 saturated heterocycles. The van der Waals surface area contributed by atoms with Gasteiger partial charge in [-0.25, -0.2) is 9.18 Å². The van der Waals surface area contributed by atoms with Gasteiger partial charge in [0.05, 0.1) is 5.56 Å². The Morgan fingerprint density at radius 1 is 1.29 bits per heavy atom. The SMILES string of the molecule is O=C(O)c1ccc(CNC2CCc3ccccc32)cc1F. The summed E-state index contributed by atoms with van der Waals surface area (Å²) >= 11 is 0. The Balaban J connectivity index is 1.69. The van der Waals surface area contributed by atoms with Crippen LogP contribution in [0.3, 0.4) is 0 Å². The lowest BCUT2D eigenvalue weighted by atomic mass is 10.1. The number of aryl methyl sites for hydroxylation is 1. The molecule has 2 aromatic rings. The van der Waals surface area contributed by atoms with Gasteiger partial charge in [-0.05, 0) is 41.7 Å². The number of fused-ring (bicyclic) bond motifs is 1. The highest BCUT2D eigenvalue weighted by atomic mass is 19.1. The average molecular weight is 285 g/mol. The maximum Gasteiger partial charge on any atom is 0.338 e. The first-order valence-corrected chi connectivity index (χ1v) is 6.98. The Hall–Kier alpha value is -2.20. The standard InChI is InChI=1S/C17H16FNO2/c18-15-9-11(5-7-14(15)17(20)21)10-19-16-8-6-12-3-1-2-4-13(12)16/h1-5,7,9,16,19H,6,8,10H2,(H,20,21). The molecule has 0 fully saturated rings. The average Bonchev–Trinajstić information content (AvgIpc) is 2.88. The molecule has 1 unspecified atom stereocenters. The largest absolute Gasteiger partial charge is 0.478 e. The summed E-state index contributed by atoms with van der Waals surface area (Å²) in [7, 11) is 0. The first-order valence-electron chi connectivity index (χ1n) is 6.98. The molecule has 1 atom stereocenters. The predicted octanol–water partition coefficient (Wildman–Crippen LogP) is 3.30. The van der Waals surface area contributed by atoms with Crippen LogP contribution in [-0.4, -0.2) is 11.1 Å². The van der Waals surface area contributed by atoms with E-state index in [9.17, 15) is 9.18 Å². The van der Waals surface area contributed by atoms with Crippen molar-refractivity contribution in [1.29, 1.82) is 0 Å². The second kappa shape index (κ2) is 5.66. The maximum atomic E-state index is 13.6. The van der Waals surface area contributed by atoms with Crippen LogP contribution in [0.5, 0.6) is 0 Å². The summed E-state index contributed by atoms with van der Waals surface area (Å²) in [6.07, 6.45) is 2.09. The van der Waals surface area contributed by atoms with Gasteiger partial charge in [-0.15, -0.1) is 0 Å². The molecule has 0 aromatic heterocycles. The minimum atomic E-state index is -1.24. The predicted molar refractivity (Wildman–Crippen MR) is 77.7 cm³/mol. The fraction of sp³-hybridized carbons (Fsp3) is 0.235. The second-order valence-corrected chi connectivity index (χ2v) is 5.29. The smallest absolute Gasteiger partial charge is 0.338 e. The number of benzene rings is 2. The number of carbonyl (C=O) groups is 1. The molecule has 1 aliphatic carbocycles. The lowest BCUT2D eigenvalue weighted by Crippen LogP contribution is -2.19. The van der Waals surface area contributed by atoms with Crippen molar-refractivity contribution in [2.45, 2.75) is 25.4 Å². The molecule has 0 radical (unpaired) electrons. The number of hydrogen-bond acceptors (Lipinski definition) is 2. The quantitative estimate of drug-likeness (QED) is 0.906. The van der Waals surface area contributed by atoms with E-state index in [1.165, 1.54) is 23.3 Å². The number of hydrogen-bond donors (Lipinski definition) is 2. The number of aromatic carboxylic acids is 1. The van der Waals surface area contributed by atoms with Crippen molar-refractivity contribution in [2.24, 2.45) is 0 Å². The topological polar surface area (TPSA) is 49.3 Å². The van der Waals surface area contributed by atoms with Crippen LogP contribution in [0, 0.1) is 5.82 Å². The van der Waals surface area contributed by atoms with Crippen LogP contribution >= 0.6 is 0 Å². The van der Waals surface area contributed by atoms with Crippen molar-refractivity contribution >= 4 is 5.97 Å². The Labute approximate surface area is 122 Å². The van der Waals surface area contributed by atoms with Crippen LogP contribution < -0.4 is 5.32 Å². The lowest BCUT2D eigenvalue weighted by Gasteiger charge is -2.14. The molecule has 0 heterocycles. The van der Waals surface area contributed by atoms with Gasteiger partial charge in [-0.1, -0.05) is 30.3 Å². The van der Waals surface area contributed by atoms with Crippen molar-refractivity contribution in [3.63, 3.8) is 0 Å². The van der Waals surface area contributed by atoms with Gasteiger partial charge in [0.2, 0.25) is 0 Å². The Kier molecular flexibility index (Phi) is 3.71. The van der Waals surface area contributed by atoms with E-state index < -0.39 is 11.8 Å². The van der Waals surface area contributed by atoms with Gasteiger partial charge in [0.1, 0.15) is 5.82 Å². The van der Waals surface area contributed by atoms with Gasteiger partial charge in [0, 0.05) is 12.6 Å². The zero-order chi connectivity index (χ0) is 14.8. The fourth-order valence-electron chi connectivity index (χ4n) is 2.85. The number of carboxylic acid groups (broad SMARTS) is 1. The summed E-state index contributed by atoms with van der Waals surface area (Å²) in [4.78, 5) is 10.8. The minimum Gasteiger partial charge on any atom is -0.478 e. The van der Waals surface area contributed by atoms with Crippen LogP contribution in [0.15, 0.2) is 42.5 Å². The number of halogens is 1. The van der Waals surface area contributed by atoms with Crippen LogP contribution in [0.1, 0.15) is 39.5 Å². The number of rotatable bonds is 4. The van der Waals surface area contributed by atoms with E-state index in [4.69, 9.17) is 5.11 Å². The van der Waals surface area contributed by atoms with Crippen LogP contribution in [0.4, 0.5) is 4.39 Å². The summed E-state index contributed by atoms with van der Waals surface area (Å²) < 4.78 is 13.6. The second-order valence-electron chi connectivity index (χ2n) is 5.29. The summed E-state index contributed by atoms with van der Waals surface area (Å²) in [5.74, 6) is -1.93.